The number of nitrogens with one attached hydrogen (secondary N) is 2. The number of amides is 2. The minimum Gasteiger partial charge on any atom is -0.356 e. The molecule has 5 nitrogen and oxygen atoms in total. The molecular weight excluding hydrogens is 326 g/mol. The van der Waals surface area contributed by atoms with Crippen LogP contribution in [0.2, 0.25) is 0 Å². The van der Waals surface area contributed by atoms with Gasteiger partial charge in [-0.3, -0.25) is 9.59 Å². The molecule has 0 saturated heterocycles. The molecule has 0 aromatic heterocycles. The summed E-state index contributed by atoms with van der Waals surface area (Å²) in [5, 5.41) is 5.86. The smallest absolute Gasteiger partial charge is 0.251 e. The molecule has 2 aromatic rings. The Morgan fingerprint density at radius 2 is 1.69 bits per heavy atom. The molecule has 5 heteroatoms. The fourth-order valence-electron chi connectivity index (χ4n) is 2.51. The number of hydrogen-bond donors (Lipinski definition) is 3. The van der Waals surface area contributed by atoms with Gasteiger partial charge >= 0.3 is 0 Å². The van der Waals surface area contributed by atoms with E-state index in [1.54, 1.807) is 12.1 Å². The molecule has 0 aliphatic heterocycles. The van der Waals surface area contributed by atoms with Crippen LogP contribution in [0.1, 0.15) is 40.9 Å². The number of rotatable bonds is 8. The highest BCUT2D eigenvalue weighted by molar-refractivity contribution is 5.94. The lowest BCUT2D eigenvalue weighted by molar-refractivity contribution is -0.121. The van der Waals surface area contributed by atoms with E-state index in [2.05, 4.69) is 10.6 Å². The average molecular weight is 353 g/mol. The molecule has 138 valence electrons. The van der Waals surface area contributed by atoms with E-state index in [1.165, 1.54) is 0 Å². The second-order valence-electron chi connectivity index (χ2n) is 6.65. The third-order valence-electron chi connectivity index (χ3n) is 4.26. The summed E-state index contributed by atoms with van der Waals surface area (Å²) in [6.45, 7) is 5.00. The van der Waals surface area contributed by atoms with Crippen molar-refractivity contribution in [2.24, 2.45) is 11.7 Å². The first-order chi connectivity index (χ1) is 12.5. The zero-order chi connectivity index (χ0) is 18.9. The number of carbonyl (C=O) groups is 2. The van der Waals surface area contributed by atoms with E-state index >= 15 is 0 Å². The molecule has 0 bridgehead atoms. The van der Waals surface area contributed by atoms with Crippen molar-refractivity contribution in [2.75, 3.05) is 13.1 Å². The Kier molecular flexibility index (Phi) is 7.36. The Bertz CT molecular complexity index is 714. The Labute approximate surface area is 155 Å². The summed E-state index contributed by atoms with van der Waals surface area (Å²) < 4.78 is 0. The van der Waals surface area contributed by atoms with E-state index in [0.717, 1.165) is 11.1 Å². The van der Waals surface area contributed by atoms with E-state index in [9.17, 15) is 9.59 Å². The van der Waals surface area contributed by atoms with Gasteiger partial charge in [0.15, 0.2) is 0 Å². The van der Waals surface area contributed by atoms with Gasteiger partial charge < -0.3 is 16.4 Å². The summed E-state index contributed by atoms with van der Waals surface area (Å²) >= 11 is 0. The zero-order valence-electron chi connectivity index (χ0n) is 15.4. The van der Waals surface area contributed by atoms with Crippen molar-refractivity contribution in [3.63, 3.8) is 0 Å². The van der Waals surface area contributed by atoms with E-state index in [4.69, 9.17) is 5.73 Å². The van der Waals surface area contributed by atoms with Gasteiger partial charge in [0.1, 0.15) is 0 Å². The summed E-state index contributed by atoms with van der Waals surface area (Å²) in [6, 6.07) is 16.5. The summed E-state index contributed by atoms with van der Waals surface area (Å²) in [5.74, 6) is -0.0818. The molecule has 2 unspecified atom stereocenters. The van der Waals surface area contributed by atoms with Crippen molar-refractivity contribution >= 4 is 11.8 Å². The third kappa shape index (κ3) is 6.01. The van der Waals surface area contributed by atoms with E-state index in [1.807, 2.05) is 56.3 Å². The molecule has 0 aliphatic carbocycles. The first kappa shape index (κ1) is 19.7. The fraction of sp³-hybridized carbons (Fsp3) is 0.333. The Balaban J connectivity index is 2.08. The Morgan fingerprint density at radius 1 is 1.04 bits per heavy atom. The van der Waals surface area contributed by atoms with Gasteiger partial charge in [-0.2, -0.15) is 0 Å². The maximum Gasteiger partial charge on any atom is 0.251 e. The quantitative estimate of drug-likeness (QED) is 0.682. The van der Waals surface area contributed by atoms with Crippen molar-refractivity contribution in [3.8, 4) is 0 Å². The number of nitrogens with two attached hydrogens (primary N) is 1. The molecule has 2 rings (SSSR count). The molecule has 4 N–H and O–H groups in total. The van der Waals surface area contributed by atoms with Gasteiger partial charge in [0.05, 0.1) is 12.5 Å². The summed E-state index contributed by atoms with van der Waals surface area (Å²) in [5.41, 5.74) is 8.15. The van der Waals surface area contributed by atoms with Gasteiger partial charge in [0.25, 0.3) is 5.91 Å². The van der Waals surface area contributed by atoms with E-state index in [0.29, 0.717) is 18.7 Å². The summed E-state index contributed by atoms with van der Waals surface area (Å²) in [7, 11) is 0. The zero-order valence-corrected chi connectivity index (χ0v) is 15.4. The van der Waals surface area contributed by atoms with Crippen molar-refractivity contribution < 1.29 is 9.59 Å². The van der Waals surface area contributed by atoms with Crippen molar-refractivity contribution in [1.29, 1.82) is 0 Å². The predicted octanol–water partition coefficient (Wildman–Crippen LogP) is 2.57. The highest BCUT2D eigenvalue weighted by atomic mass is 16.2. The molecule has 2 aromatic carbocycles. The molecule has 0 radical (unpaired) electrons. The lowest BCUT2D eigenvalue weighted by atomic mass is 10.0. The van der Waals surface area contributed by atoms with Gasteiger partial charge in [-0.1, -0.05) is 55.0 Å². The number of benzene rings is 2. The molecule has 0 heterocycles. The van der Waals surface area contributed by atoms with E-state index in [-0.39, 0.29) is 24.2 Å². The molecular formula is C21H27N3O2. The Morgan fingerprint density at radius 3 is 2.31 bits per heavy atom. The largest absolute Gasteiger partial charge is 0.356 e. The molecule has 0 aliphatic rings. The highest BCUT2D eigenvalue weighted by Crippen LogP contribution is 2.17. The second kappa shape index (κ2) is 9.73. The maximum atomic E-state index is 12.6. The fourth-order valence-corrected chi connectivity index (χ4v) is 2.51. The molecule has 0 spiro atoms. The SMILES string of the molecule is Cc1ccc(C(=O)NC(CC(=O)NCC(C)CN)c2ccccc2)cc1. The molecule has 2 atom stereocenters. The van der Waals surface area contributed by atoms with Gasteiger partial charge in [0, 0.05) is 12.1 Å². The van der Waals surface area contributed by atoms with Crippen LogP contribution in [-0.2, 0) is 4.79 Å². The molecule has 26 heavy (non-hydrogen) atoms. The van der Waals surface area contributed by atoms with Crippen molar-refractivity contribution in [1.82, 2.24) is 10.6 Å². The molecule has 0 fully saturated rings. The van der Waals surface area contributed by atoms with Crippen molar-refractivity contribution in [3.05, 3.63) is 71.3 Å². The van der Waals surface area contributed by atoms with Crippen LogP contribution in [0.5, 0.6) is 0 Å². The van der Waals surface area contributed by atoms with Gasteiger partial charge in [-0.25, -0.2) is 0 Å². The first-order valence-corrected chi connectivity index (χ1v) is 8.89. The highest BCUT2D eigenvalue weighted by Gasteiger charge is 2.19. The predicted molar refractivity (Wildman–Crippen MR) is 104 cm³/mol. The van der Waals surface area contributed by atoms with Crippen LogP contribution in [0.15, 0.2) is 54.6 Å². The number of carbonyl (C=O) groups excluding carboxylic acids is 2. The Hall–Kier alpha value is -2.66. The van der Waals surface area contributed by atoms with Crippen LogP contribution in [0, 0.1) is 12.8 Å². The number of hydrogen-bond acceptors (Lipinski definition) is 3. The minimum absolute atomic E-state index is 0.108. The van der Waals surface area contributed by atoms with Crippen LogP contribution in [0.25, 0.3) is 0 Å². The molecule has 2 amide bonds. The molecule has 0 saturated carbocycles. The summed E-state index contributed by atoms with van der Waals surface area (Å²) in [6.07, 6.45) is 0.179. The van der Waals surface area contributed by atoms with Crippen molar-refractivity contribution in [2.45, 2.75) is 26.3 Å². The lowest BCUT2D eigenvalue weighted by Crippen LogP contribution is -2.36. The van der Waals surface area contributed by atoms with Crippen LogP contribution in [0.4, 0.5) is 0 Å². The minimum atomic E-state index is -0.391. The van der Waals surface area contributed by atoms with Gasteiger partial charge in [-0.05, 0) is 37.1 Å². The third-order valence-corrected chi connectivity index (χ3v) is 4.26. The van der Waals surface area contributed by atoms with Gasteiger partial charge in [0.2, 0.25) is 5.91 Å². The first-order valence-electron chi connectivity index (χ1n) is 8.89. The van der Waals surface area contributed by atoms with Crippen LogP contribution < -0.4 is 16.4 Å². The topological polar surface area (TPSA) is 84.2 Å². The monoisotopic (exact) mass is 353 g/mol. The second-order valence-corrected chi connectivity index (χ2v) is 6.65. The van der Waals surface area contributed by atoms with Crippen LogP contribution >= 0.6 is 0 Å². The van der Waals surface area contributed by atoms with Crippen LogP contribution in [0.3, 0.4) is 0 Å². The van der Waals surface area contributed by atoms with Crippen LogP contribution in [-0.4, -0.2) is 24.9 Å². The van der Waals surface area contributed by atoms with Gasteiger partial charge in [-0.15, -0.1) is 0 Å². The average Bonchev–Trinajstić information content (AvgIpc) is 2.66. The normalized spacial score (nSPS) is 12.9. The lowest BCUT2D eigenvalue weighted by Gasteiger charge is -2.20. The maximum absolute atomic E-state index is 12.6. The summed E-state index contributed by atoms with van der Waals surface area (Å²) in [4.78, 5) is 24.9. The standard InChI is InChI=1S/C21H27N3O2/c1-15-8-10-18(11-9-15)21(26)24-19(17-6-4-3-5-7-17)12-20(25)23-14-16(2)13-22/h3-11,16,19H,12-14,22H2,1-2H3,(H,23,25)(H,24,26). The number of aryl methyl sites for hydroxylation is 1. The van der Waals surface area contributed by atoms with E-state index < -0.39 is 6.04 Å².